The lowest BCUT2D eigenvalue weighted by Gasteiger charge is -2.32. The molecule has 2 fully saturated rings. The number of nitrogens with zero attached hydrogens (tertiary/aromatic N) is 1. The van der Waals surface area contributed by atoms with E-state index >= 15 is 0 Å². The maximum absolute atomic E-state index is 12.4. The van der Waals surface area contributed by atoms with Crippen LogP contribution < -0.4 is 5.32 Å². The summed E-state index contributed by atoms with van der Waals surface area (Å²) in [5.41, 5.74) is -0.0337. The summed E-state index contributed by atoms with van der Waals surface area (Å²) < 4.78 is 5.77. The van der Waals surface area contributed by atoms with Gasteiger partial charge in [0.2, 0.25) is 5.91 Å². The number of ether oxygens (including phenoxy) is 1. The molecule has 1 heterocycles. The zero-order chi connectivity index (χ0) is 16.9. The fourth-order valence-corrected chi connectivity index (χ4v) is 3.53. The van der Waals surface area contributed by atoms with Crippen molar-refractivity contribution < 1.29 is 9.53 Å². The number of nitrogens with one attached hydrogen (secondary N) is 1. The van der Waals surface area contributed by atoms with Gasteiger partial charge in [0, 0.05) is 13.1 Å². The second kappa shape index (κ2) is 8.48. The van der Waals surface area contributed by atoms with Crippen LogP contribution in [0, 0.1) is 17.3 Å². The Labute approximate surface area is 142 Å². The Morgan fingerprint density at radius 3 is 2.43 bits per heavy atom. The minimum atomic E-state index is -0.0337. The molecule has 4 nitrogen and oxygen atoms in total. The molecule has 4 heteroatoms. The number of rotatable bonds is 9. The van der Waals surface area contributed by atoms with Gasteiger partial charge >= 0.3 is 0 Å². The predicted molar refractivity (Wildman–Crippen MR) is 94.4 cm³/mol. The van der Waals surface area contributed by atoms with Crippen LogP contribution in [0.25, 0.3) is 0 Å². The SMILES string of the molecule is CCC(C)OCCN1CCC(CNC(=O)C2(C(C)C)CC2)CC1. The van der Waals surface area contributed by atoms with Crippen molar-refractivity contribution in [2.45, 2.75) is 65.9 Å². The van der Waals surface area contributed by atoms with Crippen LogP contribution in [0.3, 0.4) is 0 Å². The molecule has 1 amide bonds. The quantitative estimate of drug-likeness (QED) is 0.709. The van der Waals surface area contributed by atoms with Crippen LogP contribution in [0.5, 0.6) is 0 Å². The van der Waals surface area contributed by atoms with E-state index in [-0.39, 0.29) is 5.41 Å². The fraction of sp³-hybridized carbons (Fsp3) is 0.947. The molecule has 1 saturated carbocycles. The summed E-state index contributed by atoms with van der Waals surface area (Å²) in [4.78, 5) is 14.9. The summed E-state index contributed by atoms with van der Waals surface area (Å²) in [6.07, 6.45) is 5.99. The Hall–Kier alpha value is -0.610. The van der Waals surface area contributed by atoms with Gasteiger partial charge < -0.3 is 15.0 Å². The van der Waals surface area contributed by atoms with E-state index in [4.69, 9.17) is 4.74 Å². The third kappa shape index (κ3) is 5.18. The van der Waals surface area contributed by atoms with Crippen LogP contribution in [0.1, 0.15) is 59.8 Å². The van der Waals surface area contributed by atoms with Gasteiger partial charge in [-0.15, -0.1) is 0 Å². The van der Waals surface area contributed by atoms with E-state index < -0.39 is 0 Å². The van der Waals surface area contributed by atoms with Crippen LogP contribution in [0.4, 0.5) is 0 Å². The van der Waals surface area contributed by atoms with Crippen molar-refractivity contribution in [2.75, 3.05) is 32.8 Å². The number of carbonyl (C=O) groups excluding carboxylic acids is 1. The summed E-state index contributed by atoms with van der Waals surface area (Å²) in [5, 5.41) is 3.23. The molecule has 0 bridgehead atoms. The average molecular weight is 325 g/mol. The second-order valence-electron chi connectivity index (χ2n) is 7.90. The van der Waals surface area contributed by atoms with Crippen LogP contribution in [0.2, 0.25) is 0 Å². The van der Waals surface area contributed by atoms with Gasteiger partial charge in [0.05, 0.1) is 18.1 Å². The van der Waals surface area contributed by atoms with E-state index in [1.54, 1.807) is 0 Å². The van der Waals surface area contributed by atoms with E-state index in [1.807, 2.05) is 0 Å². The highest BCUT2D eigenvalue weighted by Gasteiger charge is 2.51. The molecule has 0 radical (unpaired) electrons. The Morgan fingerprint density at radius 2 is 1.91 bits per heavy atom. The first-order chi connectivity index (χ1) is 11.0. The molecule has 1 atom stereocenters. The van der Waals surface area contributed by atoms with Gasteiger partial charge in [-0.25, -0.2) is 0 Å². The molecule has 2 rings (SSSR count). The minimum Gasteiger partial charge on any atom is -0.377 e. The number of likely N-dealkylation sites (tertiary alicyclic amines) is 1. The van der Waals surface area contributed by atoms with E-state index in [0.29, 0.717) is 23.8 Å². The van der Waals surface area contributed by atoms with Crippen molar-refractivity contribution in [3.63, 3.8) is 0 Å². The van der Waals surface area contributed by atoms with Gasteiger partial charge in [0.15, 0.2) is 0 Å². The van der Waals surface area contributed by atoms with Gasteiger partial charge in [-0.2, -0.15) is 0 Å². The largest absolute Gasteiger partial charge is 0.377 e. The molecule has 23 heavy (non-hydrogen) atoms. The Bertz CT molecular complexity index is 372. The lowest BCUT2D eigenvalue weighted by Crippen LogP contribution is -2.42. The lowest BCUT2D eigenvalue weighted by atomic mass is 9.90. The van der Waals surface area contributed by atoms with E-state index in [9.17, 15) is 4.79 Å². The summed E-state index contributed by atoms with van der Waals surface area (Å²) in [5.74, 6) is 1.42. The zero-order valence-electron chi connectivity index (χ0n) is 15.6. The highest BCUT2D eigenvalue weighted by atomic mass is 16.5. The van der Waals surface area contributed by atoms with Crippen molar-refractivity contribution in [1.29, 1.82) is 0 Å². The van der Waals surface area contributed by atoms with Crippen molar-refractivity contribution in [1.82, 2.24) is 10.2 Å². The van der Waals surface area contributed by atoms with Gasteiger partial charge in [0.1, 0.15) is 0 Å². The van der Waals surface area contributed by atoms with Gasteiger partial charge in [-0.05, 0) is 64.0 Å². The van der Waals surface area contributed by atoms with Crippen molar-refractivity contribution in [3.8, 4) is 0 Å². The molecular weight excluding hydrogens is 288 g/mol. The fourth-order valence-electron chi connectivity index (χ4n) is 3.53. The Morgan fingerprint density at radius 1 is 1.26 bits per heavy atom. The van der Waals surface area contributed by atoms with Crippen molar-refractivity contribution in [3.05, 3.63) is 0 Å². The van der Waals surface area contributed by atoms with Crippen LogP contribution in [-0.4, -0.2) is 49.7 Å². The number of amides is 1. The molecule has 0 spiro atoms. The smallest absolute Gasteiger partial charge is 0.226 e. The third-order valence-corrected chi connectivity index (χ3v) is 5.99. The molecule has 2 aliphatic rings. The molecule has 0 aromatic heterocycles. The lowest BCUT2D eigenvalue weighted by molar-refractivity contribution is -0.128. The second-order valence-corrected chi connectivity index (χ2v) is 7.90. The first-order valence-corrected chi connectivity index (χ1v) is 9.60. The summed E-state index contributed by atoms with van der Waals surface area (Å²) in [6, 6.07) is 0. The molecule has 0 aromatic rings. The first kappa shape index (κ1) is 18.7. The topological polar surface area (TPSA) is 41.6 Å². The predicted octanol–water partition coefficient (Wildman–Crippen LogP) is 3.07. The average Bonchev–Trinajstić information content (AvgIpc) is 3.35. The molecule has 1 saturated heterocycles. The van der Waals surface area contributed by atoms with E-state index in [1.165, 1.54) is 12.8 Å². The van der Waals surface area contributed by atoms with E-state index in [2.05, 4.69) is 37.9 Å². The molecule has 1 aliphatic carbocycles. The zero-order valence-corrected chi connectivity index (χ0v) is 15.6. The van der Waals surface area contributed by atoms with Crippen LogP contribution in [0.15, 0.2) is 0 Å². The normalized spacial score (nSPS) is 23.0. The van der Waals surface area contributed by atoms with Crippen molar-refractivity contribution >= 4 is 5.91 Å². The highest BCUT2D eigenvalue weighted by molar-refractivity contribution is 5.85. The van der Waals surface area contributed by atoms with Gasteiger partial charge in [0.25, 0.3) is 0 Å². The molecule has 1 N–H and O–H groups in total. The summed E-state index contributed by atoms with van der Waals surface area (Å²) >= 11 is 0. The number of piperidine rings is 1. The molecular formula is C19H36N2O2. The monoisotopic (exact) mass is 324 g/mol. The standard InChI is InChI=1S/C19H36N2O2/c1-5-16(4)23-13-12-21-10-6-17(7-11-21)14-20-18(22)19(8-9-19)15(2)3/h15-17H,5-14H2,1-4H3,(H,20,22). The molecule has 0 aromatic carbocycles. The maximum Gasteiger partial charge on any atom is 0.226 e. The maximum atomic E-state index is 12.4. The molecule has 1 aliphatic heterocycles. The first-order valence-electron chi connectivity index (χ1n) is 9.60. The van der Waals surface area contributed by atoms with Gasteiger partial charge in [-0.3, -0.25) is 4.79 Å². The summed E-state index contributed by atoms with van der Waals surface area (Å²) in [6.45, 7) is 13.7. The van der Waals surface area contributed by atoms with Crippen LogP contribution in [-0.2, 0) is 9.53 Å². The molecule has 134 valence electrons. The summed E-state index contributed by atoms with van der Waals surface area (Å²) in [7, 11) is 0. The van der Waals surface area contributed by atoms with E-state index in [0.717, 1.165) is 52.0 Å². The van der Waals surface area contributed by atoms with Crippen molar-refractivity contribution in [2.24, 2.45) is 17.3 Å². The highest BCUT2D eigenvalue weighted by Crippen LogP contribution is 2.52. The number of carbonyl (C=O) groups is 1. The van der Waals surface area contributed by atoms with Crippen LogP contribution >= 0.6 is 0 Å². The molecule has 1 unspecified atom stereocenters. The number of hydrogen-bond donors (Lipinski definition) is 1. The minimum absolute atomic E-state index is 0.0337. The number of hydrogen-bond acceptors (Lipinski definition) is 3. The van der Waals surface area contributed by atoms with Gasteiger partial charge in [-0.1, -0.05) is 20.8 Å². The third-order valence-electron chi connectivity index (χ3n) is 5.99. The Balaban J connectivity index is 1.59. The Kier molecular flexibility index (Phi) is 6.90.